The SMILES string of the molecule is Cc1cc(CC(C)C)oc1C1=NC(C)(C)CO1. The summed E-state index contributed by atoms with van der Waals surface area (Å²) in [4.78, 5) is 4.54. The largest absolute Gasteiger partial charge is 0.473 e. The summed E-state index contributed by atoms with van der Waals surface area (Å²) < 4.78 is 11.5. The van der Waals surface area contributed by atoms with Gasteiger partial charge >= 0.3 is 0 Å². The maximum Gasteiger partial charge on any atom is 0.254 e. The van der Waals surface area contributed by atoms with Gasteiger partial charge in [0.25, 0.3) is 5.90 Å². The molecule has 1 aliphatic heterocycles. The Balaban J connectivity index is 2.25. The van der Waals surface area contributed by atoms with E-state index >= 15 is 0 Å². The Labute approximate surface area is 103 Å². The average molecular weight is 235 g/mol. The van der Waals surface area contributed by atoms with Crippen molar-refractivity contribution in [2.24, 2.45) is 10.9 Å². The molecule has 1 aliphatic rings. The summed E-state index contributed by atoms with van der Waals surface area (Å²) in [5, 5.41) is 0. The van der Waals surface area contributed by atoms with E-state index in [1.54, 1.807) is 0 Å². The first-order chi connectivity index (χ1) is 7.87. The van der Waals surface area contributed by atoms with Crippen LogP contribution in [0.5, 0.6) is 0 Å². The predicted octanol–water partition coefficient (Wildman–Crippen LogP) is 3.34. The van der Waals surface area contributed by atoms with Crippen molar-refractivity contribution in [1.29, 1.82) is 0 Å². The normalized spacial score (nSPS) is 18.4. The summed E-state index contributed by atoms with van der Waals surface area (Å²) in [6, 6.07) is 2.09. The standard InChI is InChI=1S/C14H21NO2/c1-9(2)6-11-7-10(3)12(17-11)13-15-14(4,5)8-16-13/h7,9H,6,8H2,1-5H3. The molecule has 1 aromatic rings. The van der Waals surface area contributed by atoms with Gasteiger partial charge in [-0.2, -0.15) is 0 Å². The first kappa shape index (κ1) is 12.2. The highest BCUT2D eigenvalue weighted by atomic mass is 16.5. The van der Waals surface area contributed by atoms with Gasteiger partial charge in [-0.25, -0.2) is 4.99 Å². The first-order valence-corrected chi connectivity index (χ1v) is 6.20. The predicted molar refractivity (Wildman–Crippen MR) is 68.6 cm³/mol. The van der Waals surface area contributed by atoms with E-state index < -0.39 is 0 Å². The van der Waals surface area contributed by atoms with Crippen molar-refractivity contribution in [1.82, 2.24) is 0 Å². The van der Waals surface area contributed by atoms with Gasteiger partial charge in [0.1, 0.15) is 12.4 Å². The molecule has 17 heavy (non-hydrogen) atoms. The second-order valence-electron chi connectivity index (χ2n) is 5.84. The molecule has 2 heterocycles. The molecule has 3 heteroatoms. The Morgan fingerprint density at radius 2 is 2.12 bits per heavy atom. The number of nitrogens with zero attached hydrogens (tertiary/aromatic N) is 1. The maximum atomic E-state index is 5.85. The lowest BCUT2D eigenvalue weighted by Crippen LogP contribution is -2.17. The van der Waals surface area contributed by atoms with Gasteiger partial charge in [-0.15, -0.1) is 0 Å². The number of ether oxygens (including phenoxy) is 1. The van der Waals surface area contributed by atoms with Crippen molar-refractivity contribution >= 4 is 5.90 Å². The van der Waals surface area contributed by atoms with Crippen LogP contribution in [0.2, 0.25) is 0 Å². The van der Waals surface area contributed by atoms with E-state index in [1.807, 2.05) is 6.92 Å². The van der Waals surface area contributed by atoms with E-state index in [4.69, 9.17) is 9.15 Å². The Morgan fingerprint density at radius 1 is 1.41 bits per heavy atom. The second-order valence-corrected chi connectivity index (χ2v) is 5.84. The third-order valence-electron chi connectivity index (χ3n) is 2.74. The lowest BCUT2D eigenvalue weighted by atomic mass is 10.1. The van der Waals surface area contributed by atoms with Crippen molar-refractivity contribution in [2.75, 3.05) is 6.61 Å². The molecule has 0 bridgehead atoms. The molecule has 0 amide bonds. The van der Waals surface area contributed by atoms with E-state index in [0.717, 1.165) is 23.5 Å². The fraction of sp³-hybridized carbons (Fsp3) is 0.643. The van der Waals surface area contributed by atoms with Crippen LogP contribution in [-0.2, 0) is 11.2 Å². The Hall–Kier alpha value is -1.25. The van der Waals surface area contributed by atoms with Crippen LogP contribution >= 0.6 is 0 Å². The highest BCUT2D eigenvalue weighted by Gasteiger charge is 2.29. The minimum Gasteiger partial charge on any atom is -0.473 e. The Bertz CT molecular complexity index is 441. The third-order valence-corrected chi connectivity index (χ3v) is 2.74. The quantitative estimate of drug-likeness (QED) is 0.805. The van der Waals surface area contributed by atoms with Crippen molar-refractivity contribution in [3.8, 4) is 0 Å². The van der Waals surface area contributed by atoms with E-state index in [0.29, 0.717) is 18.4 Å². The monoisotopic (exact) mass is 235 g/mol. The smallest absolute Gasteiger partial charge is 0.254 e. The lowest BCUT2D eigenvalue weighted by molar-refractivity contribution is 0.274. The number of aryl methyl sites for hydroxylation is 1. The number of furan rings is 1. The fourth-order valence-corrected chi connectivity index (χ4v) is 1.96. The topological polar surface area (TPSA) is 34.7 Å². The summed E-state index contributed by atoms with van der Waals surface area (Å²) in [5.41, 5.74) is 0.976. The van der Waals surface area contributed by atoms with Gasteiger partial charge in [0.2, 0.25) is 0 Å². The molecule has 0 atom stereocenters. The zero-order valence-corrected chi connectivity index (χ0v) is 11.3. The molecule has 0 aliphatic carbocycles. The zero-order chi connectivity index (χ0) is 12.6. The number of hydrogen-bond acceptors (Lipinski definition) is 3. The fourth-order valence-electron chi connectivity index (χ4n) is 1.96. The van der Waals surface area contributed by atoms with E-state index in [9.17, 15) is 0 Å². The summed E-state index contributed by atoms with van der Waals surface area (Å²) >= 11 is 0. The van der Waals surface area contributed by atoms with Crippen LogP contribution in [0.4, 0.5) is 0 Å². The van der Waals surface area contributed by atoms with Crippen LogP contribution < -0.4 is 0 Å². The van der Waals surface area contributed by atoms with Crippen molar-refractivity contribution in [2.45, 2.75) is 46.6 Å². The van der Waals surface area contributed by atoms with Crippen molar-refractivity contribution in [3.63, 3.8) is 0 Å². The van der Waals surface area contributed by atoms with Crippen LogP contribution in [-0.4, -0.2) is 18.0 Å². The van der Waals surface area contributed by atoms with Gasteiger partial charge in [-0.3, -0.25) is 0 Å². The summed E-state index contributed by atoms with van der Waals surface area (Å²) in [7, 11) is 0. The number of aliphatic imine (C=N–C) groups is 1. The minimum atomic E-state index is -0.132. The molecule has 0 aromatic carbocycles. The van der Waals surface area contributed by atoms with E-state index in [-0.39, 0.29) is 5.54 Å². The summed E-state index contributed by atoms with van der Waals surface area (Å²) in [5.74, 6) is 3.06. The molecule has 0 radical (unpaired) electrons. The van der Waals surface area contributed by atoms with Crippen LogP contribution in [0.25, 0.3) is 0 Å². The molecular formula is C14H21NO2. The van der Waals surface area contributed by atoms with Crippen LogP contribution in [0.15, 0.2) is 15.5 Å². The molecule has 2 rings (SSSR count). The molecule has 94 valence electrons. The minimum absolute atomic E-state index is 0.132. The summed E-state index contributed by atoms with van der Waals surface area (Å²) in [6.45, 7) is 11.2. The Kier molecular flexibility index (Phi) is 3.02. The molecule has 0 saturated heterocycles. The van der Waals surface area contributed by atoms with E-state index in [2.05, 4.69) is 38.8 Å². The highest BCUT2D eigenvalue weighted by Crippen LogP contribution is 2.25. The second kappa shape index (κ2) is 4.21. The van der Waals surface area contributed by atoms with Crippen LogP contribution in [0.1, 0.15) is 44.8 Å². The molecule has 0 spiro atoms. The van der Waals surface area contributed by atoms with Crippen molar-refractivity contribution < 1.29 is 9.15 Å². The van der Waals surface area contributed by atoms with Gasteiger partial charge in [-0.05, 0) is 32.8 Å². The zero-order valence-electron chi connectivity index (χ0n) is 11.3. The first-order valence-electron chi connectivity index (χ1n) is 6.20. The Morgan fingerprint density at radius 3 is 2.65 bits per heavy atom. The lowest BCUT2D eigenvalue weighted by Gasteiger charge is -2.07. The number of hydrogen-bond donors (Lipinski definition) is 0. The maximum absolute atomic E-state index is 5.85. The van der Waals surface area contributed by atoms with E-state index in [1.165, 1.54) is 0 Å². The molecule has 0 N–H and O–H groups in total. The van der Waals surface area contributed by atoms with Gasteiger partial charge in [0, 0.05) is 12.0 Å². The van der Waals surface area contributed by atoms with Gasteiger partial charge in [0.15, 0.2) is 5.76 Å². The van der Waals surface area contributed by atoms with Crippen LogP contribution in [0.3, 0.4) is 0 Å². The van der Waals surface area contributed by atoms with Crippen molar-refractivity contribution in [3.05, 3.63) is 23.2 Å². The number of rotatable bonds is 3. The molecule has 0 saturated carbocycles. The summed E-state index contributed by atoms with van der Waals surface area (Å²) in [6.07, 6.45) is 0.956. The van der Waals surface area contributed by atoms with Gasteiger partial charge < -0.3 is 9.15 Å². The van der Waals surface area contributed by atoms with Gasteiger partial charge in [-0.1, -0.05) is 13.8 Å². The average Bonchev–Trinajstić information content (AvgIpc) is 2.68. The molecule has 1 aromatic heterocycles. The molecular weight excluding hydrogens is 214 g/mol. The molecule has 0 unspecified atom stereocenters. The molecule has 0 fully saturated rings. The van der Waals surface area contributed by atoms with Crippen LogP contribution in [0, 0.1) is 12.8 Å². The highest BCUT2D eigenvalue weighted by molar-refractivity contribution is 5.94. The third kappa shape index (κ3) is 2.71. The van der Waals surface area contributed by atoms with Gasteiger partial charge in [0.05, 0.1) is 5.54 Å². The molecule has 3 nitrogen and oxygen atoms in total.